The lowest BCUT2D eigenvalue weighted by molar-refractivity contribution is 0.0696. The van der Waals surface area contributed by atoms with Gasteiger partial charge in [0.2, 0.25) is 0 Å². The van der Waals surface area contributed by atoms with Crippen molar-refractivity contribution in [2.75, 3.05) is 0 Å². The van der Waals surface area contributed by atoms with Crippen LogP contribution in [0.2, 0.25) is 0 Å². The van der Waals surface area contributed by atoms with Gasteiger partial charge in [-0.2, -0.15) is 0 Å². The summed E-state index contributed by atoms with van der Waals surface area (Å²) in [6.07, 6.45) is 7.39. The highest BCUT2D eigenvalue weighted by molar-refractivity contribution is 5.87. The van der Waals surface area contributed by atoms with Crippen LogP contribution >= 0.6 is 0 Å². The van der Waals surface area contributed by atoms with Gasteiger partial charge in [-0.25, -0.2) is 9.78 Å². The second kappa shape index (κ2) is 4.28. The lowest BCUT2D eigenvalue weighted by Gasteiger charge is -2.11. The van der Waals surface area contributed by atoms with Gasteiger partial charge in [-0.3, -0.25) is 4.57 Å². The minimum Gasteiger partial charge on any atom is -0.478 e. The summed E-state index contributed by atoms with van der Waals surface area (Å²) in [5.74, 6) is -0.267. The number of aromatic carboxylic acids is 1. The molecule has 3 heterocycles. The van der Waals surface area contributed by atoms with Crippen LogP contribution in [0, 0.1) is 0 Å². The summed E-state index contributed by atoms with van der Waals surface area (Å²) >= 11 is 0. The van der Waals surface area contributed by atoms with Gasteiger partial charge in [0.1, 0.15) is 5.82 Å². The topological polar surface area (TPSA) is 67.2 Å². The lowest BCUT2D eigenvalue weighted by Crippen LogP contribution is -2.39. The third-order valence-electron chi connectivity index (χ3n) is 3.11. The van der Waals surface area contributed by atoms with E-state index >= 15 is 0 Å². The largest absolute Gasteiger partial charge is 0.478 e. The number of carboxylic acids is 1. The van der Waals surface area contributed by atoms with Crippen molar-refractivity contribution in [1.29, 1.82) is 0 Å². The monoisotopic (exact) mass is 255 g/mol. The van der Waals surface area contributed by atoms with Gasteiger partial charge in [-0.05, 0) is 30.3 Å². The molecule has 2 aromatic rings. The van der Waals surface area contributed by atoms with Crippen LogP contribution in [-0.4, -0.2) is 26.7 Å². The Bertz CT molecular complexity index is 744. The smallest absolute Gasteiger partial charge is 0.337 e. The molecule has 0 aromatic carbocycles. The van der Waals surface area contributed by atoms with Crippen molar-refractivity contribution >= 4 is 18.2 Å². The standard InChI is InChI=1S/C14H13N3O2/c1-9-6-10-4-5-17(12(10)8-15-9)13-3-2-11(7-16-13)14(18)19/h2-9,15H,1H3,(H,18,19). The minimum atomic E-state index is -0.969. The zero-order chi connectivity index (χ0) is 13.4. The summed E-state index contributed by atoms with van der Waals surface area (Å²) < 4.78 is 1.93. The maximum atomic E-state index is 10.8. The highest BCUT2D eigenvalue weighted by Crippen LogP contribution is 2.03. The first-order valence-electron chi connectivity index (χ1n) is 6.00. The Kier molecular flexibility index (Phi) is 2.59. The van der Waals surface area contributed by atoms with Gasteiger partial charge < -0.3 is 10.4 Å². The Hall–Kier alpha value is -2.56. The van der Waals surface area contributed by atoms with E-state index in [0.717, 1.165) is 10.6 Å². The molecule has 1 unspecified atom stereocenters. The summed E-state index contributed by atoms with van der Waals surface area (Å²) in [7, 11) is 0. The molecule has 19 heavy (non-hydrogen) atoms. The first kappa shape index (κ1) is 11.5. The van der Waals surface area contributed by atoms with Gasteiger partial charge in [-0.15, -0.1) is 0 Å². The fraction of sp³-hybridized carbons (Fsp3) is 0.143. The van der Waals surface area contributed by atoms with E-state index in [0.29, 0.717) is 11.9 Å². The molecule has 2 aromatic heterocycles. The molecule has 0 radical (unpaired) electrons. The molecule has 5 nitrogen and oxygen atoms in total. The SMILES string of the molecule is CC1C=c2ccn(-c3ccc(C(=O)O)cn3)c2=CN1. The van der Waals surface area contributed by atoms with Crippen LogP contribution in [-0.2, 0) is 0 Å². The second-order valence-corrected chi connectivity index (χ2v) is 4.50. The fourth-order valence-electron chi connectivity index (χ4n) is 2.14. The third-order valence-corrected chi connectivity index (χ3v) is 3.11. The molecule has 5 heteroatoms. The summed E-state index contributed by atoms with van der Waals surface area (Å²) in [6, 6.07) is 5.59. The molecular weight excluding hydrogens is 242 g/mol. The number of nitrogens with zero attached hydrogens (tertiary/aromatic N) is 2. The van der Waals surface area contributed by atoms with Gasteiger partial charge in [0.05, 0.1) is 10.9 Å². The number of hydrogen-bond acceptors (Lipinski definition) is 3. The molecule has 1 atom stereocenters. The molecule has 0 fully saturated rings. The van der Waals surface area contributed by atoms with Crippen molar-refractivity contribution in [3.63, 3.8) is 0 Å². The van der Waals surface area contributed by atoms with Crippen molar-refractivity contribution in [3.05, 3.63) is 46.7 Å². The van der Waals surface area contributed by atoms with Crippen LogP contribution in [0.1, 0.15) is 17.3 Å². The predicted octanol–water partition coefficient (Wildman–Crippen LogP) is 0.0807. The Morgan fingerprint density at radius 1 is 1.42 bits per heavy atom. The second-order valence-electron chi connectivity index (χ2n) is 4.50. The van der Waals surface area contributed by atoms with E-state index in [1.165, 1.54) is 6.20 Å². The fourth-order valence-corrected chi connectivity index (χ4v) is 2.14. The summed E-state index contributed by atoms with van der Waals surface area (Å²) in [5, 5.41) is 14.3. The number of rotatable bonds is 2. The molecule has 1 aliphatic rings. The van der Waals surface area contributed by atoms with Crippen LogP contribution in [0.3, 0.4) is 0 Å². The number of nitrogens with one attached hydrogen (secondary N) is 1. The van der Waals surface area contributed by atoms with Crippen molar-refractivity contribution in [2.45, 2.75) is 13.0 Å². The van der Waals surface area contributed by atoms with E-state index in [9.17, 15) is 4.79 Å². The molecule has 0 amide bonds. The third kappa shape index (κ3) is 1.99. The van der Waals surface area contributed by atoms with Gasteiger partial charge in [-0.1, -0.05) is 6.08 Å². The molecule has 0 spiro atoms. The molecule has 1 aliphatic heterocycles. The quantitative estimate of drug-likeness (QED) is 0.797. The van der Waals surface area contributed by atoms with Crippen molar-refractivity contribution < 1.29 is 9.90 Å². The molecular formula is C14H13N3O2. The molecule has 0 aliphatic carbocycles. The van der Waals surface area contributed by atoms with E-state index in [-0.39, 0.29) is 5.56 Å². The van der Waals surface area contributed by atoms with E-state index in [1.807, 2.05) is 23.0 Å². The maximum Gasteiger partial charge on any atom is 0.337 e. The van der Waals surface area contributed by atoms with Crippen molar-refractivity contribution in [2.24, 2.45) is 0 Å². The average molecular weight is 255 g/mol. The van der Waals surface area contributed by atoms with Crippen LogP contribution in [0.25, 0.3) is 18.1 Å². The number of pyridine rings is 1. The predicted molar refractivity (Wildman–Crippen MR) is 71.3 cm³/mol. The number of hydrogen-bond donors (Lipinski definition) is 2. The lowest BCUT2D eigenvalue weighted by atomic mass is 10.2. The Morgan fingerprint density at radius 2 is 2.26 bits per heavy atom. The van der Waals surface area contributed by atoms with Crippen LogP contribution in [0.4, 0.5) is 0 Å². The Labute approximate surface area is 109 Å². The van der Waals surface area contributed by atoms with Crippen LogP contribution in [0.5, 0.6) is 0 Å². The molecule has 3 rings (SSSR count). The molecule has 0 saturated carbocycles. The first-order valence-corrected chi connectivity index (χ1v) is 6.00. The number of carboxylic acid groups (broad SMARTS) is 1. The van der Waals surface area contributed by atoms with E-state index < -0.39 is 5.97 Å². The zero-order valence-electron chi connectivity index (χ0n) is 10.4. The van der Waals surface area contributed by atoms with E-state index in [4.69, 9.17) is 5.11 Å². The number of fused-ring (bicyclic) bond motifs is 1. The van der Waals surface area contributed by atoms with Crippen molar-refractivity contribution in [3.8, 4) is 5.82 Å². The maximum absolute atomic E-state index is 10.8. The number of carbonyl (C=O) groups is 1. The van der Waals surface area contributed by atoms with Crippen molar-refractivity contribution in [1.82, 2.24) is 14.9 Å². The normalized spacial score (nSPS) is 16.8. The molecule has 96 valence electrons. The van der Waals surface area contributed by atoms with Gasteiger partial charge in [0.15, 0.2) is 0 Å². The summed E-state index contributed by atoms with van der Waals surface area (Å²) in [6.45, 7) is 2.08. The average Bonchev–Trinajstić information content (AvgIpc) is 2.81. The van der Waals surface area contributed by atoms with Gasteiger partial charge in [0, 0.05) is 24.6 Å². The highest BCUT2D eigenvalue weighted by Gasteiger charge is 2.07. The molecule has 0 bridgehead atoms. The molecule has 2 N–H and O–H groups in total. The Balaban J connectivity index is 2.09. The first-order chi connectivity index (χ1) is 9.15. The Morgan fingerprint density at radius 3 is 2.95 bits per heavy atom. The number of aromatic nitrogens is 2. The summed E-state index contributed by atoms with van der Waals surface area (Å²) in [4.78, 5) is 15.0. The van der Waals surface area contributed by atoms with Crippen LogP contribution in [0.15, 0.2) is 30.6 Å². The van der Waals surface area contributed by atoms with Gasteiger partial charge in [0.25, 0.3) is 0 Å². The minimum absolute atomic E-state index is 0.187. The highest BCUT2D eigenvalue weighted by atomic mass is 16.4. The van der Waals surface area contributed by atoms with Gasteiger partial charge >= 0.3 is 5.97 Å². The van der Waals surface area contributed by atoms with Crippen LogP contribution < -0.4 is 15.9 Å². The van der Waals surface area contributed by atoms with E-state index in [1.54, 1.807) is 12.1 Å². The molecule has 0 saturated heterocycles. The van der Waals surface area contributed by atoms with E-state index in [2.05, 4.69) is 23.3 Å². The zero-order valence-corrected chi connectivity index (χ0v) is 10.4. The summed E-state index contributed by atoms with van der Waals surface area (Å²) in [5.41, 5.74) is 0.187.